The molecule has 92 valence electrons. The summed E-state index contributed by atoms with van der Waals surface area (Å²) in [5.74, 6) is -0.267. The number of hydrogen-bond acceptors (Lipinski definition) is 3. The molecule has 0 saturated carbocycles. The Morgan fingerprint density at radius 3 is 2.71 bits per heavy atom. The average molecular weight is 254 g/mol. The third kappa shape index (κ3) is 3.00. The van der Waals surface area contributed by atoms with Gasteiger partial charge in [0, 0.05) is 13.1 Å². The van der Waals surface area contributed by atoms with Crippen molar-refractivity contribution in [3.05, 3.63) is 35.6 Å². The Balaban J connectivity index is 2.25. The predicted octanol–water partition coefficient (Wildman–Crippen LogP) is 1.49. The van der Waals surface area contributed by atoms with E-state index in [1.165, 1.54) is 12.1 Å². The minimum atomic E-state index is -0.267. The highest BCUT2D eigenvalue weighted by Crippen LogP contribution is 2.22. The van der Waals surface area contributed by atoms with Gasteiger partial charge in [-0.05, 0) is 17.7 Å². The van der Waals surface area contributed by atoms with Crippen molar-refractivity contribution < 1.29 is 9.13 Å². The zero-order valence-corrected chi connectivity index (χ0v) is 10.3. The first-order valence-corrected chi connectivity index (χ1v) is 5.96. The first-order chi connectivity index (χ1) is 8.18. The Morgan fingerprint density at radius 2 is 2.12 bits per heavy atom. The molecule has 5 heteroatoms. The maximum absolute atomic E-state index is 13.2. The van der Waals surface area contributed by atoms with Gasteiger partial charge in [-0.2, -0.15) is 0 Å². The van der Waals surface area contributed by atoms with Gasteiger partial charge in [0.25, 0.3) is 0 Å². The highest BCUT2D eigenvalue weighted by atomic mass is 32.1. The van der Waals surface area contributed by atoms with Crippen molar-refractivity contribution in [1.29, 1.82) is 0 Å². The van der Waals surface area contributed by atoms with Crippen LogP contribution in [0.1, 0.15) is 11.6 Å². The Morgan fingerprint density at radius 1 is 1.41 bits per heavy atom. The van der Waals surface area contributed by atoms with Crippen LogP contribution in [-0.2, 0) is 4.74 Å². The number of rotatable bonds is 3. The number of benzene rings is 1. The minimum Gasteiger partial charge on any atom is -0.392 e. The molecule has 0 amide bonds. The van der Waals surface area contributed by atoms with Crippen molar-refractivity contribution in [2.75, 3.05) is 26.3 Å². The maximum atomic E-state index is 13.2. The van der Waals surface area contributed by atoms with E-state index in [0.29, 0.717) is 18.2 Å². The van der Waals surface area contributed by atoms with Crippen LogP contribution >= 0.6 is 12.2 Å². The van der Waals surface area contributed by atoms with Crippen LogP contribution in [0.25, 0.3) is 0 Å². The standard InChI is InChI=1S/C12H15FN2OS/c13-10-3-1-2-9(8-10)11(12(14)17)15-4-6-16-7-5-15/h1-3,8,11H,4-7H2,(H2,14,17). The van der Waals surface area contributed by atoms with Crippen molar-refractivity contribution in [2.45, 2.75) is 6.04 Å². The lowest BCUT2D eigenvalue weighted by Crippen LogP contribution is -2.43. The molecule has 1 atom stereocenters. The smallest absolute Gasteiger partial charge is 0.123 e. The van der Waals surface area contributed by atoms with Crippen LogP contribution in [0, 0.1) is 5.82 Å². The topological polar surface area (TPSA) is 38.5 Å². The molecule has 0 bridgehead atoms. The number of thiocarbonyl (C=S) groups is 1. The zero-order valence-electron chi connectivity index (χ0n) is 9.43. The number of halogens is 1. The fraction of sp³-hybridized carbons (Fsp3) is 0.417. The third-order valence-electron chi connectivity index (χ3n) is 2.84. The lowest BCUT2D eigenvalue weighted by molar-refractivity contribution is 0.0288. The fourth-order valence-electron chi connectivity index (χ4n) is 2.07. The molecule has 1 fully saturated rings. The third-order valence-corrected chi connectivity index (χ3v) is 3.07. The summed E-state index contributed by atoms with van der Waals surface area (Å²) in [5.41, 5.74) is 6.58. The molecule has 1 saturated heterocycles. The number of ether oxygens (including phenoxy) is 1. The highest BCUT2D eigenvalue weighted by molar-refractivity contribution is 7.80. The van der Waals surface area contributed by atoms with Gasteiger partial charge >= 0.3 is 0 Å². The monoisotopic (exact) mass is 254 g/mol. The van der Waals surface area contributed by atoms with Crippen LogP contribution in [-0.4, -0.2) is 36.2 Å². The molecule has 1 aromatic carbocycles. The second-order valence-corrected chi connectivity index (χ2v) is 4.48. The molecule has 1 heterocycles. The zero-order chi connectivity index (χ0) is 12.3. The van der Waals surface area contributed by atoms with Crippen molar-refractivity contribution in [3.8, 4) is 0 Å². The van der Waals surface area contributed by atoms with E-state index in [1.807, 2.05) is 6.07 Å². The number of nitrogens with two attached hydrogens (primary N) is 1. The summed E-state index contributed by atoms with van der Waals surface area (Å²) >= 11 is 5.10. The van der Waals surface area contributed by atoms with Crippen LogP contribution in [0.5, 0.6) is 0 Å². The second kappa shape index (κ2) is 5.53. The Labute approximate surface area is 105 Å². The Hall–Kier alpha value is -1.04. The van der Waals surface area contributed by atoms with Crippen LogP contribution in [0.2, 0.25) is 0 Å². The van der Waals surface area contributed by atoms with Crippen LogP contribution < -0.4 is 5.73 Å². The summed E-state index contributed by atoms with van der Waals surface area (Å²) in [7, 11) is 0. The quantitative estimate of drug-likeness (QED) is 0.829. The molecule has 0 spiro atoms. The summed E-state index contributed by atoms with van der Waals surface area (Å²) in [6.07, 6.45) is 0. The van der Waals surface area contributed by atoms with Gasteiger partial charge in [-0.3, -0.25) is 4.90 Å². The van der Waals surface area contributed by atoms with Gasteiger partial charge in [0.15, 0.2) is 0 Å². The van der Waals surface area contributed by atoms with Crippen LogP contribution in [0.15, 0.2) is 24.3 Å². The highest BCUT2D eigenvalue weighted by Gasteiger charge is 2.24. The number of nitrogens with zero attached hydrogens (tertiary/aromatic N) is 1. The molecule has 2 N–H and O–H groups in total. The van der Waals surface area contributed by atoms with Gasteiger partial charge in [-0.15, -0.1) is 0 Å². The maximum Gasteiger partial charge on any atom is 0.123 e. The van der Waals surface area contributed by atoms with Crippen molar-refractivity contribution in [3.63, 3.8) is 0 Å². The molecule has 2 rings (SSSR count). The van der Waals surface area contributed by atoms with Gasteiger partial charge in [0.05, 0.1) is 24.2 Å². The largest absolute Gasteiger partial charge is 0.392 e. The van der Waals surface area contributed by atoms with E-state index in [9.17, 15) is 4.39 Å². The second-order valence-electron chi connectivity index (χ2n) is 4.01. The summed E-state index contributed by atoms with van der Waals surface area (Å²) in [6.45, 7) is 2.85. The summed E-state index contributed by atoms with van der Waals surface area (Å²) in [4.78, 5) is 2.50. The van der Waals surface area contributed by atoms with Gasteiger partial charge < -0.3 is 10.5 Å². The Kier molecular flexibility index (Phi) is 4.04. The Bertz CT molecular complexity index is 407. The molecule has 1 aliphatic rings. The lowest BCUT2D eigenvalue weighted by Gasteiger charge is -2.34. The molecule has 0 aliphatic carbocycles. The molecule has 0 radical (unpaired) electrons. The summed E-state index contributed by atoms with van der Waals surface area (Å²) in [5, 5.41) is 0. The minimum absolute atomic E-state index is 0.204. The molecule has 1 aromatic rings. The lowest BCUT2D eigenvalue weighted by atomic mass is 10.0. The van der Waals surface area contributed by atoms with E-state index in [2.05, 4.69) is 4.90 Å². The molecule has 3 nitrogen and oxygen atoms in total. The van der Waals surface area contributed by atoms with Crippen molar-refractivity contribution in [1.82, 2.24) is 4.90 Å². The molecule has 17 heavy (non-hydrogen) atoms. The number of hydrogen-bond donors (Lipinski definition) is 1. The average Bonchev–Trinajstić information content (AvgIpc) is 2.30. The van der Waals surface area contributed by atoms with Gasteiger partial charge in [0.2, 0.25) is 0 Å². The van der Waals surface area contributed by atoms with Crippen molar-refractivity contribution in [2.24, 2.45) is 5.73 Å². The van der Waals surface area contributed by atoms with Gasteiger partial charge in [-0.25, -0.2) is 4.39 Å². The van der Waals surface area contributed by atoms with Crippen LogP contribution in [0.3, 0.4) is 0 Å². The van der Waals surface area contributed by atoms with Gasteiger partial charge in [0.1, 0.15) is 5.82 Å². The number of morpholine rings is 1. The SMILES string of the molecule is NC(=S)C(c1cccc(F)c1)N1CCOCC1. The van der Waals surface area contributed by atoms with Crippen molar-refractivity contribution >= 4 is 17.2 Å². The molecule has 0 aromatic heterocycles. The fourth-order valence-corrected chi connectivity index (χ4v) is 2.35. The molecule has 1 aliphatic heterocycles. The van der Waals surface area contributed by atoms with E-state index in [1.54, 1.807) is 6.07 Å². The summed E-state index contributed by atoms with van der Waals surface area (Å²) < 4.78 is 18.5. The first-order valence-electron chi connectivity index (χ1n) is 5.55. The predicted molar refractivity (Wildman–Crippen MR) is 68.3 cm³/mol. The first kappa shape index (κ1) is 12.4. The van der Waals surface area contributed by atoms with E-state index >= 15 is 0 Å². The van der Waals surface area contributed by atoms with E-state index < -0.39 is 0 Å². The van der Waals surface area contributed by atoms with E-state index in [-0.39, 0.29) is 11.9 Å². The summed E-state index contributed by atoms with van der Waals surface area (Å²) in [6, 6.07) is 6.22. The normalized spacial score (nSPS) is 18.9. The van der Waals surface area contributed by atoms with Crippen LogP contribution in [0.4, 0.5) is 4.39 Å². The van der Waals surface area contributed by atoms with E-state index in [4.69, 9.17) is 22.7 Å². The van der Waals surface area contributed by atoms with E-state index in [0.717, 1.165) is 18.7 Å². The van der Waals surface area contributed by atoms with Gasteiger partial charge in [-0.1, -0.05) is 24.4 Å². The molecular formula is C12H15FN2OS. The molecular weight excluding hydrogens is 239 g/mol. The molecule has 1 unspecified atom stereocenters.